The summed E-state index contributed by atoms with van der Waals surface area (Å²) in [5.41, 5.74) is 0.957. The lowest BCUT2D eigenvalue weighted by Gasteiger charge is -2.31. The summed E-state index contributed by atoms with van der Waals surface area (Å²) in [4.78, 5) is 6.68. The van der Waals surface area contributed by atoms with E-state index >= 15 is 0 Å². The summed E-state index contributed by atoms with van der Waals surface area (Å²) in [5, 5.41) is 3.33. The van der Waals surface area contributed by atoms with Crippen LogP contribution in [0.3, 0.4) is 0 Å². The van der Waals surface area contributed by atoms with Crippen molar-refractivity contribution in [3.8, 4) is 0 Å². The Balaban J connectivity index is 1.92. The number of nitrogens with zero attached hydrogens (tertiary/aromatic N) is 2. The lowest BCUT2D eigenvalue weighted by atomic mass is 10.2. The summed E-state index contributed by atoms with van der Waals surface area (Å²) in [6, 6.07) is 1.18. The second-order valence-electron chi connectivity index (χ2n) is 5.00. The summed E-state index contributed by atoms with van der Waals surface area (Å²) in [7, 11) is 0. The van der Waals surface area contributed by atoms with Gasteiger partial charge in [-0.25, -0.2) is 0 Å². The SMILES string of the molecule is CCC1CN(c2nc(CNC(C)C)co2)CCO1. The van der Waals surface area contributed by atoms with E-state index in [4.69, 9.17) is 9.15 Å². The zero-order valence-electron chi connectivity index (χ0n) is 11.5. The maximum absolute atomic E-state index is 5.64. The second kappa shape index (κ2) is 6.20. The number of hydrogen-bond donors (Lipinski definition) is 1. The van der Waals surface area contributed by atoms with Crippen LogP contribution in [-0.2, 0) is 11.3 Å². The molecule has 0 radical (unpaired) electrons. The van der Waals surface area contributed by atoms with Crippen LogP contribution < -0.4 is 10.2 Å². The largest absolute Gasteiger partial charge is 0.432 e. The fourth-order valence-corrected chi connectivity index (χ4v) is 1.97. The summed E-state index contributed by atoms with van der Waals surface area (Å²) in [6.07, 6.45) is 3.06. The van der Waals surface area contributed by atoms with Crippen LogP contribution in [0.4, 0.5) is 6.01 Å². The first-order valence-electron chi connectivity index (χ1n) is 6.73. The van der Waals surface area contributed by atoms with E-state index in [0.717, 1.165) is 44.4 Å². The van der Waals surface area contributed by atoms with Gasteiger partial charge in [-0.2, -0.15) is 4.98 Å². The molecule has 1 unspecified atom stereocenters. The van der Waals surface area contributed by atoms with Gasteiger partial charge >= 0.3 is 0 Å². The second-order valence-corrected chi connectivity index (χ2v) is 5.00. The summed E-state index contributed by atoms with van der Waals surface area (Å²) >= 11 is 0. The van der Waals surface area contributed by atoms with E-state index in [9.17, 15) is 0 Å². The van der Waals surface area contributed by atoms with Gasteiger partial charge in [-0.05, 0) is 6.42 Å². The molecule has 18 heavy (non-hydrogen) atoms. The molecule has 2 rings (SSSR count). The Morgan fingerprint density at radius 3 is 3.11 bits per heavy atom. The molecule has 0 amide bonds. The molecule has 0 spiro atoms. The molecule has 102 valence electrons. The molecule has 1 N–H and O–H groups in total. The topological polar surface area (TPSA) is 50.5 Å². The number of ether oxygens (including phenoxy) is 1. The standard InChI is InChI=1S/C13H23N3O2/c1-4-12-8-16(5-6-17-12)13-15-11(9-18-13)7-14-10(2)3/h9-10,12,14H,4-8H2,1-3H3. The minimum absolute atomic E-state index is 0.294. The molecule has 0 saturated carbocycles. The number of oxazole rings is 1. The van der Waals surface area contributed by atoms with Gasteiger partial charge < -0.3 is 19.4 Å². The van der Waals surface area contributed by atoms with Crippen molar-refractivity contribution in [1.29, 1.82) is 0 Å². The predicted octanol–water partition coefficient (Wildman–Crippen LogP) is 1.79. The molecular formula is C13H23N3O2. The van der Waals surface area contributed by atoms with Crippen LogP contribution >= 0.6 is 0 Å². The first-order valence-corrected chi connectivity index (χ1v) is 6.73. The molecule has 2 heterocycles. The summed E-state index contributed by atoms with van der Waals surface area (Å²) < 4.78 is 11.2. The fourth-order valence-electron chi connectivity index (χ4n) is 1.97. The zero-order valence-corrected chi connectivity index (χ0v) is 11.5. The smallest absolute Gasteiger partial charge is 0.297 e. The van der Waals surface area contributed by atoms with E-state index in [-0.39, 0.29) is 0 Å². The van der Waals surface area contributed by atoms with Crippen molar-refractivity contribution in [3.05, 3.63) is 12.0 Å². The third kappa shape index (κ3) is 3.46. The van der Waals surface area contributed by atoms with Crippen LogP contribution in [0.5, 0.6) is 0 Å². The van der Waals surface area contributed by atoms with Crippen molar-refractivity contribution < 1.29 is 9.15 Å². The zero-order chi connectivity index (χ0) is 13.0. The lowest BCUT2D eigenvalue weighted by Crippen LogP contribution is -2.42. The van der Waals surface area contributed by atoms with Crippen molar-refractivity contribution in [1.82, 2.24) is 10.3 Å². The van der Waals surface area contributed by atoms with Gasteiger partial charge in [0, 0.05) is 25.7 Å². The molecule has 1 aromatic heterocycles. The average Bonchev–Trinajstić information content (AvgIpc) is 2.85. The number of aromatic nitrogens is 1. The maximum atomic E-state index is 5.64. The molecular weight excluding hydrogens is 230 g/mol. The Bertz CT molecular complexity index is 365. The van der Waals surface area contributed by atoms with Crippen LogP contribution in [0.2, 0.25) is 0 Å². The van der Waals surface area contributed by atoms with Gasteiger partial charge in [-0.3, -0.25) is 0 Å². The van der Waals surface area contributed by atoms with Gasteiger partial charge in [-0.1, -0.05) is 20.8 Å². The highest BCUT2D eigenvalue weighted by molar-refractivity contribution is 5.28. The lowest BCUT2D eigenvalue weighted by molar-refractivity contribution is 0.0367. The molecule has 1 aromatic rings. The van der Waals surface area contributed by atoms with Crippen LogP contribution in [-0.4, -0.2) is 36.8 Å². The summed E-state index contributed by atoms with van der Waals surface area (Å²) in [5.74, 6) is 0. The Hall–Kier alpha value is -1.07. The molecule has 1 aliphatic heterocycles. The minimum atomic E-state index is 0.294. The Kier molecular flexibility index (Phi) is 4.60. The number of hydrogen-bond acceptors (Lipinski definition) is 5. The van der Waals surface area contributed by atoms with Crippen molar-refractivity contribution in [2.75, 3.05) is 24.6 Å². The molecule has 0 aromatic carbocycles. The Morgan fingerprint density at radius 2 is 2.39 bits per heavy atom. The van der Waals surface area contributed by atoms with E-state index in [0.29, 0.717) is 12.1 Å². The van der Waals surface area contributed by atoms with Gasteiger partial charge in [0.2, 0.25) is 0 Å². The number of anilines is 1. The van der Waals surface area contributed by atoms with Crippen molar-refractivity contribution in [2.45, 2.75) is 45.9 Å². The molecule has 0 bridgehead atoms. The van der Waals surface area contributed by atoms with Crippen LogP contribution in [0, 0.1) is 0 Å². The van der Waals surface area contributed by atoms with Crippen molar-refractivity contribution >= 4 is 6.01 Å². The molecule has 5 heteroatoms. The molecule has 1 saturated heterocycles. The maximum Gasteiger partial charge on any atom is 0.297 e. The van der Waals surface area contributed by atoms with Crippen LogP contribution in [0.25, 0.3) is 0 Å². The van der Waals surface area contributed by atoms with Gasteiger partial charge in [-0.15, -0.1) is 0 Å². The monoisotopic (exact) mass is 253 g/mol. The highest BCUT2D eigenvalue weighted by Gasteiger charge is 2.22. The summed E-state index contributed by atoms with van der Waals surface area (Å²) in [6.45, 7) is 9.61. The first kappa shape index (κ1) is 13.4. The molecule has 1 atom stereocenters. The van der Waals surface area contributed by atoms with Gasteiger partial charge in [0.05, 0.1) is 18.4 Å². The Labute approximate surface area is 109 Å². The van der Waals surface area contributed by atoms with Gasteiger partial charge in [0.25, 0.3) is 6.01 Å². The van der Waals surface area contributed by atoms with Crippen molar-refractivity contribution in [2.24, 2.45) is 0 Å². The van der Waals surface area contributed by atoms with E-state index in [1.54, 1.807) is 6.26 Å². The van der Waals surface area contributed by atoms with E-state index in [1.165, 1.54) is 0 Å². The Morgan fingerprint density at radius 1 is 1.56 bits per heavy atom. The normalized spacial score (nSPS) is 20.7. The number of nitrogens with one attached hydrogen (secondary N) is 1. The van der Waals surface area contributed by atoms with E-state index in [2.05, 4.69) is 36.0 Å². The number of morpholine rings is 1. The predicted molar refractivity (Wildman–Crippen MR) is 70.7 cm³/mol. The van der Waals surface area contributed by atoms with Gasteiger partial charge in [0.15, 0.2) is 0 Å². The minimum Gasteiger partial charge on any atom is -0.432 e. The quantitative estimate of drug-likeness (QED) is 0.867. The highest BCUT2D eigenvalue weighted by atomic mass is 16.5. The van der Waals surface area contributed by atoms with Crippen molar-refractivity contribution in [3.63, 3.8) is 0 Å². The van der Waals surface area contributed by atoms with E-state index < -0.39 is 0 Å². The average molecular weight is 253 g/mol. The molecule has 1 aliphatic rings. The highest BCUT2D eigenvalue weighted by Crippen LogP contribution is 2.18. The fraction of sp³-hybridized carbons (Fsp3) is 0.769. The van der Waals surface area contributed by atoms with Crippen LogP contribution in [0.15, 0.2) is 10.7 Å². The molecule has 1 fully saturated rings. The van der Waals surface area contributed by atoms with Crippen LogP contribution in [0.1, 0.15) is 32.9 Å². The molecule has 5 nitrogen and oxygen atoms in total. The van der Waals surface area contributed by atoms with Gasteiger partial charge in [0.1, 0.15) is 6.26 Å². The third-order valence-corrected chi connectivity index (χ3v) is 3.10. The van der Waals surface area contributed by atoms with E-state index in [1.807, 2.05) is 0 Å². The third-order valence-electron chi connectivity index (χ3n) is 3.10. The number of rotatable bonds is 5. The molecule has 0 aliphatic carbocycles. The first-order chi connectivity index (χ1) is 8.69.